The SMILES string of the molecule is CNC(=O)NC(C)(C)C(=O)NCCO[N+](=O)[O-]. The van der Waals surface area contributed by atoms with Crippen LogP contribution < -0.4 is 16.0 Å². The number of urea groups is 1. The van der Waals surface area contributed by atoms with Crippen LogP contribution in [0.25, 0.3) is 0 Å². The van der Waals surface area contributed by atoms with Gasteiger partial charge in [0, 0.05) is 13.6 Å². The maximum Gasteiger partial charge on any atom is 0.315 e. The number of nitrogens with zero attached hydrogens (tertiary/aromatic N) is 1. The zero-order chi connectivity index (χ0) is 13.5. The summed E-state index contributed by atoms with van der Waals surface area (Å²) in [6, 6.07) is -0.494. The molecule has 0 fully saturated rings. The third kappa shape index (κ3) is 6.17. The largest absolute Gasteiger partial charge is 0.352 e. The molecule has 9 nitrogen and oxygen atoms in total. The minimum absolute atomic E-state index is 0.0152. The average molecular weight is 248 g/mol. The van der Waals surface area contributed by atoms with Gasteiger partial charge in [-0.3, -0.25) is 4.79 Å². The van der Waals surface area contributed by atoms with Crippen LogP contribution in [0.5, 0.6) is 0 Å². The Bertz CT molecular complexity index is 304. The molecule has 0 spiro atoms. The molecule has 0 saturated carbocycles. The topological polar surface area (TPSA) is 123 Å². The van der Waals surface area contributed by atoms with Crippen LogP contribution in [-0.2, 0) is 9.63 Å². The maximum atomic E-state index is 11.6. The second-order valence-corrected chi connectivity index (χ2v) is 3.64. The van der Waals surface area contributed by atoms with Crippen LogP contribution in [0, 0.1) is 10.1 Å². The summed E-state index contributed by atoms with van der Waals surface area (Å²) in [5.74, 6) is -0.465. The number of nitrogens with one attached hydrogen (secondary N) is 3. The highest BCUT2D eigenvalue weighted by Gasteiger charge is 2.28. The molecule has 0 bridgehead atoms. The minimum atomic E-state index is -1.12. The normalized spacial score (nSPS) is 10.3. The van der Waals surface area contributed by atoms with Crippen LogP contribution in [0.15, 0.2) is 0 Å². The Kier molecular flexibility index (Phi) is 5.72. The number of carbonyl (C=O) groups is 2. The fraction of sp³-hybridized carbons (Fsp3) is 0.750. The molecule has 0 aromatic carbocycles. The van der Waals surface area contributed by atoms with E-state index >= 15 is 0 Å². The number of amides is 3. The van der Waals surface area contributed by atoms with Gasteiger partial charge in [-0.05, 0) is 13.8 Å². The first-order valence-electron chi connectivity index (χ1n) is 4.85. The number of hydrogen-bond acceptors (Lipinski definition) is 5. The van der Waals surface area contributed by atoms with Gasteiger partial charge in [0.15, 0.2) is 0 Å². The molecule has 0 atom stereocenters. The molecule has 17 heavy (non-hydrogen) atoms. The van der Waals surface area contributed by atoms with Crippen molar-refractivity contribution in [2.45, 2.75) is 19.4 Å². The maximum absolute atomic E-state index is 11.6. The summed E-state index contributed by atoms with van der Waals surface area (Å²) < 4.78 is 0. The Balaban J connectivity index is 4.03. The lowest BCUT2D eigenvalue weighted by Gasteiger charge is -2.24. The third-order valence-electron chi connectivity index (χ3n) is 1.81. The van der Waals surface area contributed by atoms with E-state index in [4.69, 9.17) is 0 Å². The van der Waals surface area contributed by atoms with Gasteiger partial charge < -0.3 is 20.8 Å². The van der Waals surface area contributed by atoms with E-state index in [1.807, 2.05) is 0 Å². The Morgan fingerprint density at radius 3 is 2.47 bits per heavy atom. The van der Waals surface area contributed by atoms with Crippen LogP contribution >= 0.6 is 0 Å². The lowest BCUT2D eigenvalue weighted by Crippen LogP contribution is -2.57. The van der Waals surface area contributed by atoms with Crippen molar-refractivity contribution in [1.82, 2.24) is 16.0 Å². The first-order valence-corrected chi connectivity index (χ1v) is 4.85. The third-order valence-corrected chi connectivity index (χ3v) is 1.81. The Morgan fingerprint density at radius 2 is 2.00 bits per heavy atom. The van der Waals surface area contributed by atoms with Crippen molar-refractivity contribution in [3.8, 4) is 0 Å². The summed E-state index contributed by atoms with van der Waals surface area (Å²) in [4.78, 5) is 36.5. The Labute approximate surface area is 98.0 Å². The van der Waals surface area contributed by atoms with E-state index in [2.05, 4.69) is 20.8 Å². The molecule has 0 heterocycles. The molecule has 3 N–H and O–H groups in total. The van der Waals surface area contributed by atoms with Gasteiger partial charge in [-0.1, -0.05) is 0 Å². The zero-order valence-corrected chi connectivity index (χ0v) is 9.90. The minimum Gasteiger partial charge on any atom is -0.352 e. The molecule has 0 aliphatic rings. The van der Waals surface area contributed by atoms with Gasteiger partial charge >= 0.3 is 6.03 Å². The fourth-order valence-corrected chi connectivity index (χ4v) is 0.909. The summed E-state index contributed by atoms with van der Waals surface area (Å²) in [5.41, 5.74) is -1.12. The van der Waals surface area contributed by atoms with Crippen LogP contribution in [-0.4, -0.2) is 42.8 Å². The predicted molar refractivity (Wildman–Crippen MR) is 57.6 cm³/mol. The number of rotatable bonds is 6. The molecule has 0 aromatic heterocycles. The summed E-state index contributed by atoms with van der Waals surface area (Å²) in [7, 11) is 1.42. The van der Waals surface area contributed by atoms with E-state index in [-0.39, 0.29) is 13.2 Å². The fourth-order valence-electron chi connectivity index (χ4n) is 0.909. The van der Waals surface area contributed by atoms with Gasteiger partial charge in [-0.15, -0.1) is 10.1 Å². The highest BCUT2D eigenvalue weighted by molar-refractivity contribution is 5.90. The van der Waals surface area contributed by atoms with Crippen molar-refractivity contribution in [2.24, 2.45) is 0 Å². The van der Waals surface area contributed by atoms with Crippen molar-refractivity contribution in [3.05, 3.63) is 10.1 Å². The van der Waals surface area contributed by atoms with Crippen LogP contribution in [0.4, 0.5) is 4.79 Å². The van der Waals surface area contributed by atoms with Gasteiger partial charge in [-0.2, -0.15) is 0 Å². The second kappa shape index (κ2) is 6.51. The summed E-state index contributed by atoms with van der Waals surface area (Å²) in [6.07, 6.45) is 0. The van der Waals surface area contributed by atoms with E-state index in [0.717, 1.165) is 0 Å². The van der Waals surface area contributed by atoms with Crippen LogP contribution in [0.1, 0.15) is 13.8 Å². The van der Waals surface area contributed by atoms with Crippen molar-refractivity contribution in [1.29, 1.82) is 0 Å². The highest BCUT2D eigenvalue weighted by atomic mass is 16.9. The molecule has 0 aromatic rings. The molecule has 0 unspecified atom stereocenters. The van der Waals surface area contributed by atoms with E-state index in [9.17, 15) is 19.7 Å². The van der Waals surface area contributed by atoms with E-state index in [0.29, 0.717) is 0 Å². The number of carbonyl (C=O) groups excluding carboxylic acids is 2. The van der Waals surface area contributed by atoms with Gasteiger partial charge in [0.05, 0.1) is 0 Å². The van der Waals surface area contributed by atoms with Crippen molar-refractivity contribution < 1.29 is 19.5 Å². The van der Waals surface area contributed by atoms with Gasteiger partial charge in [-0.25, -0.2) is 4.79 Å². The molecular formula is C8H16N4O5. The Morgan fingerprint density at radius 1 is 1.41 bits per heavy atom. The van der Waals surface area contributed by atoms with Crippen molar-refractivity contribution in [2.75, 3.05) is 20.2 Å². The van der Waals surface area contributed by atoms with Crippen LogP contribution in [0.2, 0.25) is 0 Å². The van der Waals surface area contributed by atoms with E-state index in [1.165, 1.54) is 20.9 Å². The molecule has 0 aliphatic heterocycles. The highest BCUT2D eigenvalue weighted by Crippen LogP contribution is 2.01. The lowest BCUT2D eigenvalue weighted by molar-refractivity contribution is -0.757. The molecule has 3 amide bonds. The van der Waals surface area contributed by atoms with Crippen LogP contribution in [0.3, 0.4) is 0 Å². The number of hydrogen-bond donors (Lipinski definition) is 3. The van der Waals surface area contributed by atoms with E-state index in [1.54, 1.807) is 0 Å². The summed E-state index contributed by atoms with van der Waals surface area (Å²) in [5, 5.41) is 16.0. The van der Waals surface area contributed by atoms with Gasteiger partial charge in [0.1, 0.15) is 12.1 Å². The molecule has 98 valence electrons. The van der Waals surface area contributed by atoms with Gasteiger partial charge in [0.2, 0.25) is 5.91 Å². The second-order valence-electron chi connectivity index (χ2n) is 3.64. The molecule has 9 heteroatoms. The molecular weight excluding hydrogens is 232 g/mol. The van der Waals surface area contributed by atoms with E-state index < -0.39 is 22.6 Å². The van der Waals surface area contributed by atoms with Crippen molar-refractivity contribution >= 4 is 11.9 Å². The average Bonchev–Trinajstić information content (AvgIpc) is 2.22. The van der Waals surface area contributed by atoms with Crippen molar-refractivity contribution in [3.63, 3.8) is 0 Å². The standard InChI is InChI=1S/C8H16N4O5/c1-8(2,11-7(14)9-3)6(13)10-4-5-17-12(15)16/h4-5H2,1-3H3,(H,10,13)(H2,9,11,14). The summed E-state index contributed by atoms with van der Waals surface area (Å²) >= 11 is 0. The monoisotopic (exact) mass is 248 g/mol. The van der Waals surface area contributed by atoms with Gasteiger partial charge in [0.25, 0.3) is 5.09 Å². The first kappa shape index (κ1) is 14.9. The lowest BCUT2D eigenvalue weighted by atomic mass is 10.1. The molecule has 0 rings (SSSR count). The summed E-state index contributed by atoms with van der Waals surface area (Å²) in [6.45, 7) is 2.76. The molecule has 0 saturated heterocycles. The Hall–Kier alpha value is -2.06. The quantitative estimate of drug-likeness (QED) is 0.316. The molecule has 0 radical (unpaired) electrons. The smallest absolute Gasteiger partial charge is 0.315 e. The predicted octanol–water partition coefficient (Wildman–Crippen LogP) is -0.981. The first-order chi connectivity index (χ1) is 7.79. The molecule has 0 aliphatic carbocycles. The zero-order valence-electron chi connectivity index (χ0n) is 9.90.